The van der Waals surface area contributed by atoms with Crippen molar-refractivity contribution in [3.05, 3.63) is 24.3 Å². The van der Waals surface area contributed by atoms with Crippen LogP contribution in [0.2, 0.25) is 0 Å². The van der Waals surface area contributed by atoms with Gasteiger partial charge in [0, 0.05) is 30.8 Å². The van der Waals surface area contributed by atoms with E-state index >= 15 is 0 Å². The van der Waals surface area contributed by atoms with Crippen molar-refractivity contribution in [2.75, 3.05) is 5.73 Å². The number of carbonyl (C=O) groups excluding carboxylic acids is 1. The molecular weight excluding hydrogens is 330 g/mol. The van der Waals surface area contributed by atoms with Crippen molar-refractivity contribution >= 4 is 11.7 Å². The van der Waals surface area contributed by atoms with E-state index in [9.17, 15) is 10.1 Å². The molecular formula is C18H23N7O. The van der Waals surface area contributed by atoms with Crippen LogP contribution in [0.15, 0.2) is 18.7 Å². The minimum atomic E-state index is -0.148. The Morgan fingerprint density at radius 1 is 1.46 bits per heavy atom. The number of nitrogens with zero attached hydrogens (tertiary/aromatic N) is 5. The summed E-state index contributed by atoms with van der Waals surface area (Å²) in [6, 6.07) is 2.37. The average molecular weight is 353 g/mol. The number of nitrogens with one attached hydrogen (secondary N) is 1. The molecule has 1 saturated carbocycles. The lowest BCUT2D eigenvalue weighted by atomic mass is 9.96. The van der Waals surface area contributed by atoms with Gasteiger partial charge in [-0.1, -0.05) is 12.8 Å². The highest BCUT2D eigenvalue weighted by molar-refractivity contribution is 5.74. The van der Waals surface area contributed by atoms with Gasteiger partial charge < -0.3 is 11.1 Å². The number of nitriles is 1. The molecule has 136 valence electrons. The summed E-state index contributed by atoms with van der Waals surface area (Å²) in [6.07, 6.45) is 10.2. The fourth-order valence-corrected chi connectivity index (χ4v) is 3.62. The fraction of sp³-hybridized carbons (Fsp3) is 0.500. The van der Waals surface area contributed by atoms with Crippen LogP contribution in [0, 0.1) is 17.2 Å². The molecule has 1 aliphatic carbocycles. The third-order valence-electron chi connectivity index (χ3n) is 4.95. The van der Waals surface area contributed by atoms with Crippen LogP contribution in [0.3, 0.4) is 0 Å². The van der Waals surface area contributed by atoms with Gasteiger partial charge in [-0.15, -0.1) is 0 Å². The third-order valence-corrected chi connectivity index (χ3v) is 4.95. The van der Waals surface area contributed by atoms with E-state index in [1.807, 2.05) is 10.9 Å². The van der Waals surface area contributed by atoms with Gasteiger partial charge in [-0.05, 0) is 18.8 Å². The molecule has 8 heteroatoms. The molecule has 0 aliphatic heterocycles. The Bertz CT molecular complexity index is 817. The summed E-state index contributed by atoms with van der Waals surface area (Å²) in [5.74, 6) is 0.669. The molecule has 1 aliphatic rings. The maximum atomic E-state index is 11.2. The normalized spacial score (nSPS) is 15.5. The highest BCUT2D eigenvalue weighted by atomic mass is 16.1. The second-order valence-corrected chi connectivity index (χ2v) is 6.68. The van der Waals surface area contributed by atoms with Crippen LogP contribution in [-0.2, 0) is 11.3 Å². The van der Waals surface area contributed by atoms with Gasteiger partial charge in [0.05, 0.1) is 30.4 Å². The number of rotatable bonds is 6. The average Bonchev–Trinajstić information content (AvgIpc) is 3.30. The maximum absolute atomic E-state index is 11.2. The van der Waals surface area contributed by atoms with Gasteiger partial charge in [-0.3, -0.25) is 9.48 Å². The zero-order valence-electron chi connectivity index (χ0n) is 14.9. The molecule has 0 saturated heterocycles. The molecule has 0 bridgehead atoms. The van der Waals surface area contributed by atoms with E-state index in [2.05, 4.69) is 26.5 Å². The molecule has 26 heavy (non-hydrogen) atoms. The Kier molecular flexibility index (Phi) is 5.46. The number of nitrogens with two attached hydrogens (primary N) is 1. The van der Waals surface area contributed by atoms with Crippen molar-refractivity contribution in [2.45, 2.75) is 51.6 Å². The molecule has 2 aromatic heterocycles. The summed E-state index contributed by atoms with van der Waals surface area (Å²) in [6.45, 7) is 1.71. The van der Waals surface area contributed by atoms with Crippen molar-refractivity contribution < 1.29 is 4.79 Å². The van der Waals surface area contributed by atoms with E-state index in [1.54, 1.807) is 6.20 Å². The van der Waals surface area contributed by atoms with Crippen LogP contribution in [0.5, 0.6) is 0 Å². The molecule has 0 radical (unpaired) electrons. The Morgan fingerprint density at radius 2 is 2.23 bits per heavy atom. The van der Waals surface area contributed by atoms with Crippen molar-refractivity contribution in [3.8, 4) is 17.3 Å². The molecule has 0 spiro atoms. The molecule has 1 fully saturated rings. The van der Waals surface area contributed by atoms with E-state index in [4.69, 9.17) is 5.73 Å². The van der Waals surface area contributed by atoms with Crippen molar-refractivity contribution in [2.24, 2.45) is 5.92 Å². The topological polar surface area (TPSA) is 123 Å². The smallest absolute Gasteiger partial charge is 0.217 e. The molecule has 1 amide bonds. The first kappa shape index (κ1) is 17.9. The van der Waals surface area contributed by atoms with Gasteiger partial charge in [-0.25, -0.2) is 9.97 Å². The largest absolute Gasteiger partial charge is 0.383 e. The van der Waals surface area contributed by atoms with Crippen molar-refractivity contribution in [1.29, 1.82) is 5.26 Å². The zero-order chi connectivity index (χ0) is 18.5. The number of amides is 1. The summed E-state index contributed by atoms with van der Waals surface area (Å²) in [5, 5.41) is 16.5. The summed E-state index contributed by atoms with van der Waals surface area (Å²) in [5.41, 5.74) is 8.11. The number of hydrogen-bond donors (Lipinski definition) is 2. The molecule has 3 N–H and O–H groups in total. The SMILES string of the molecule is CC(=O)NCc1c(N)ncnc1-c1cnn([C@H](CC#N)C2CCCC2)c1. The monoisotopic (exact) mass is 353 g/mol. The predicted octanol–water partition coefficient (Wildman–Crippen LogP) is 2.20. The van der Waals surface area contributed by atoms with Gasteiger partial charge in [-0.2, -0.15) is 10.4 Å². The van der Waals surface area contributed by atoms with Gasteiger partial charge in [0.1, 0.15) is 12.1 Å². The standard InChI is InChI=1S/C18H23N7O/c1-12(26)21-9-15-17(22-11-23-18(15)20)14-8-24-25(10-14)16(6-7-19)13-4-2-3-5-13/h8,10-11,13,16H,2-6,9H2,1H3,(H,21,26)(H2,20,22,23)/t16-/m1/s1. The van der Waals surface area contributed by atoms with Gasteiger partial charge >= 0.3 is 0 Å². The molecule has 2 aromatic rings. The summed E-state index contributed by atoms with van der Waals surface area (Å²) < 4.78 is 1.88. The summed E-state index contributed by atoms with van der Waals surface area (Å²) in [7, 11) is 0. The van der Waals surface area contributed by atoms with Crippen LogP contribution in [0.25, 0.3) is 11.3 Å². The van der Waals surface area contributed by atoms with Crippen LogP contribution in [0.1, 0.15) is 50.6 Å². The second kappa shape index (κ2) is 7.95. The van der Waals surface area contributed by atoms with E-state index in [-0.39, 0.29) is 18.5 Å². The van der Waals surface area contributed by atoms with Crippen LogP contribution in [-0.4, -0.2) is 25.7 Å². The Labute approximate surface area is 152 Å². The Balaban J connectivity index is 1.90. The number of carbonyl (C=O) groups is 1. The van der Waals surface area contributed by atoms with E-state index in [0.29, 0.717) is 29.4 Å². The lowest BCUT2D eigenvalue weighted by molar-refractivity contribution is -0.119. The first-order valence-corrected chi connectivity index (χ1v) is 8.85. The van der Waals surface area contributed by atoms with E-state index in [1.165, 1.54) is 26.1 Å². The first-order chi connectivity index (χ1) is 12.6. The van der Waals surface area contributed by atoms with Gasteiger partial charge in [0.15, 0.2) is 0 Å². The lowest BCUT2D eigenvalue weighted by Crippen LogP contribution is -2.21. The molecule has 0 unspecified atom stereocenters. The molecule has 0 aromatic carbocycles. The first-order valence-electron chi connectivity index (χ1n) is 8.85. The maximum Gasteiger partial charge on any atom is 0.217 e. The second-order valence-electron chi connectivity index (χ2n) is 6.68. The summed E-state index contributed by atoms with van der Waals surface area (Å²) in [4.78, 5) is 19.6. The van der Waals surface area contributed by atoms with E-state index < -0.39 is 0 Å². The minimum Gasteiger partial charge on any atom is -0.383 e. The van der Waals surface area contributed by atoms with Gasteiger partial charge in [0.2, 0.25) is 5.91 Å². The minimum absolute atomic E-state index is 0.0780. The quantitative estimate of drug-likeness (QED) is 0.821. The van der Waals surface area contributed by atoms with Gasteiger partial charge in [0.25, 0.3) is 0 Å². The summed E-state index contributed by atoms with van der Waals surface area (Å²) >= 11 is 0. The van der Waals surface area contributed by atoms with Crippen LogP contribution in [0.4, 0.5) is 5.82 Å². The molecule has 1 atom stereocenters. The number of nitrogen functional groups attached to an aromatic ring is 1. The third kappa shape index (κ3) is 3.82. The number of hydrogen-bond acceptors (Lipinski definition) is 6. The fourth-order valence-electron chi connectivity index (χ4n) is 3.62. The molecule has 3 rings (SSSR count). The van der Waals surface area contributed by atoms with Crippen molar-refractivity contribution in [3.63, 3.8) is 0 Å². The molecule has 8 nitrogen and oxygen atoms in total. The highest BCUT2D eigenvalue weighted by Crippen LogP contribution is 2.36. The van der Waals surface area contributed by atoms with Crippen LogP contribution < -0.4 is 11.1 Å². The predicted molar refractivity (Wildman–Crippen MR) is 96.4 cm³/mol. The number of aromatic nitrogens is 4. The highest BCUT2D eigenvalue weighted by Gasteiger charge is 2.27. The van der Waals surface area contributed by atoms with Crippen molar-refractivity contribution in [1.82, 2.24) is 25.1 Å². The van der Waals surface area contributed by atoms with Crippen LogP contribution >= 0.6 is 0 Å². The van der Waals surface area contributed by atoms with E-state index in [0.717, 1.165) is 18.4 Å². The Hall–Kier alpha value is -2.95. The zero-order valence-corrected chi connectivity index (χ0v) is 14.9. The lowest BCUT2D eigenvalue weighted by Gasteiger charge is -2.21. The molecule has 2 heterocycles. The number of anilines is 1. The Morgan fingerprint density at radius 3 is 2.92 bits per heavy atom.